The molecule has 2 rings (SSSR count). The molecule has 0 fully saturated rings. The maximum atomic E-state index is 13.4. The van der Waals surface area contributed by atoms with Crippen molar-refractivity contribution in [2.75, 3.05) is 0 Å². The molecule has 0 spiro atoms. The van der Waals surface area contributed by atoms with Crippen molar-refractivity contribution in [2.24, 2.45) is 0 Å². The number of hydrogen-bond acceptors (Lipinski definition) is 3. The molecule has 0 atom stereocenters. The van der Waals surface area contributed by atoms with Gasteiger partial charge in [0.1, 0.15) is 10.8 Å². The van der Waals surface area contributed by atoms with E-state index in [2.05, 4.69) is 4.98 Å². The summed E-state index contributed by atoms with van der Waals surface area (Å²) in [4.78, 5) is 14.7. The van der Waals surface area contributed by atoms with Crippen molar-refractivity contribution in [2.45, 2.75) is 0 Å². The molecule has 2 nitrogen and oxygen atoms in total. The Kier molecular flexibility index (Phi) is 2.37. The predicted molar refractivity (Wildman–Crippen MR) is 52.9 cm³/mol. The van der Waals surface area contributed by atoms with E-state index in [0.29, 0.717) is 16.9 Å². The highest BCUT2D eigenvalue weighted by atomic mass is 32.1. The molecule has 1 aromatic heterocycles. The highest BCUT2D eigenvalue weighted by molar-refractivity contribution is 7.13. The van der Waals surface area contributed by atoms with Crippen molar-refractivity contribution in [3.63, 3.8) is 0 Å². The maximum Gasteiger partial charge on any atom is 0.150 e. The van der Waals surface area contributed by atoms with Crippen LogP contribution in [-0.2, 0) is 0 Å². The van der Waals surface area contributed by atoms with E-state index in [1.165, 1.54) is 23.5 Å². The van der Waals surface area contributed by atoms with Gasteiger partial charge in [-0.05, 0) is 6.07 Å². The Balaban J connectivity index is 2.67. The molecule has 0 aliphatic rings. The molecule has 1 aromatic carbocycles. The van der Waals surface area contributed by atoms with Gasteiger partial charge in [-0.1, -0.05) is 12.1 Å². The molecule has 0 N–H and O–H groups in total. The lowest BCUT2D eigenvalue weighted by atomic mass is 10.1. The van der Waals surface area contributed by atoms with Gasteiger partial charge in [-0.2, -0.15) is 0 Å². The minimum absolute atomic E-state index is 0.289. The second-order valence-electron chi connectivity index (χ2n) is 2.66. The van der Waals surface area contributed by atoms with Crippen molar-refractivity contribution in [3.8, 4) is 10.6 Å². The Morgan fingerprint density at radius 1 is 1.43 bits per heavy atom. The lowest BCUT2D eigenvalue weighted by molar-refractivity contribution is 0.112. The number of carbonyl (C=O) groups is 1. The monoisotopic (exact) mass is 207 g/mol. The van der Waals surface area contributed by atoms with Crippen LogP contribution >= 0.6 is 11.3 Å². The number of halogens is 1. The number of nitrogens with zero attached hydrogens (tertiary/aromatic N) is 1. The Morgan fingerprint density at radius 3 is 2.93 bits per heavy atom. The number of rotatable bonds is 2. The summed E-state index contributed by atoms with van der Waals surface area (Å²) in [6.45, 7) is 0. The number of carbonyl (C=O) groups excluding carboxylic acids is 1. The Bertz CT molecular complexity index is 453. The molecule has 1 heterocycles. The molecule has 14 heavy (non-hydrogen) atoms. The zero-order chi connectivity index (χ0) is 9.97. The SMILES string of the molecule is O=Cc1cccc(F)c1-c1nccs1. The van der Waals surface area contributed by atoms with Crippen LogP contribution in [-0.4, -0.2) is 11.3 Å². The molecule has 0 aliphatic heterocycles. The lowest BCUT2D eigenvalue weighted by Crippen LogP contribution is -1.90. The molecular weight excluding hydrogens is 201 g/mol. The van der Waals surface area contributed by atoms with Gasteiger partial charge in [-0.3, -0.25) is 4.79 Å². The summed E-state index contributed by atoms with van der Waals surface area (Å²) in [5, 5.41) is 2.28. The average Bonchev–Trinajstić information content (AvgIpc) is 2.70. The summed E-state index contributed by atoms with van der Waals surface area (Å²) >= 11 is 1.31. The molecule has 0 bridgehead atoms. The van der Waals surface area contributed by atoms with Crippen LogP contribution in [0.2, 0.25) is 0 Å². The van der Waals surface area contributed by atoms with Crippen LogP contribution in [0.4, 0.5) is 4.39 Å². The molecule has 0 saturated carbocycles. The summed E-state index contributed by atoms with van der Waals surface area (Å²) in [5.41, 5.74) is 0.623. The Morgan fingerprint density at radius 2 is 2.29 bits per heavy atom. The van der Waals surface area contributed by atoms with Gasteiger partial charge in [-0.15, -0.1) is 11.3 Å². The maximum absolute atomic E-state index is 13.4. The zero-order valence-electron chi connectivity index (χ0n) is 7.11. The molecule has 4 heteroatoms. The topological polar surface area (TPSA) is 30.0 Å². The van der Waals surface area contributed by atoms with Crippen LogP contribution in [0.25, 0.3) is 10.6 Å². The van der Waals surface area contributed by atoms with E-state index in [4.69, 9.17) is 0 Å². The fraction of sp³-hybridized carbons (Fsp3) is 0. The smallest absolute Gasteiger partial charge is 0.150 e. The van der Waals surface area contributed by atoms with Gasteiger partial charge in [0.25, 0.3) is 0 Å². The van der Waals surface area contributed by atoms with Crippen molar-refractivity contribution in [1.29, 1.82) is 0 Å². The first kappa shape index (κ1) is 9.02. The second-order valence-corrected chi connectivity index (χ2v) is 3.55. The van der Waals surface area contributed by atoms with E-state index in [9.17, 15) is 9.18 Å². The van der Waals surface area contributed by atoms with E-state index >= 15 is 0 Å². The standard InChI is InChI=1S/C10H6FNOS/c11-8-3-1-2-7(6-13)9(8)10-12-4-5-14-10/h1-6H. The van der Waals surface area contributed by atoms with Gasteiger partial charge < -0.3 is 0 Å². The fourth-order valence-electron chi connectivity index (χ4n) is 1.21. The first-order valence-corrected chi connectivity index (χ1v) is 4.84. The quantitative estimate of drug-likeness (QED) is 0.709. The third kappa shape index (κ3) is 1.44. The van der Waals surface area contributed by atoms with Crippen LogP contribution in [0.1, 0.15) is 10.4 Å². The van der Waals surface area contributed by atoms with Crippen molar-refractivity contribution < 1.29 is 9.18 Å². The highest BCUT2D eigenvalue weighted by Crippen LogP contribution is 2.27. The van der Waals surface area contributed by atoms with Gasteiger partial charge in [0.2, 0.25) is 0 Å². The van der Waals surface area contributed by atoms with Crippen LogP contribution in [0, 0.1) is 5.82 Å². The number of hydrogen-bond donors (Lipinski definition) is 0. The minimum Gasteiger partial charge on any atom is -0.298 e. The largest absolute Gasteiger partial charge is 0.298 e. The number of benzene rings is 1. The lowest BCUT2D eigenvalue weighted by Gasteiger charge is -2.01. The fourth-order valence-corrected chi connectivity index (χ4v) is 1.92. The molecule has 0 unspecified atom stereocenters. The number of aldehydes is 1. The van der Waals surface area contributed by atoms with Gasteiger partial charge in [-0.25, -0.2) is 9.37 Å². The summed E-state index contributed by atoms with van der Waals surface area (Å²) < 4.78 is 13.4. The zero-order valence-corrected chi connectivity index (χ0v) is 7.92. The molecule has 0 radical (unpaired) electrons. The molecule has 70 valence electrons. The molecule has 0 saturated heterocycles. The normalized spacial score (nSPS) is 10.1. The third-order valence-electron chi connectivity index (χ3n) is 1.82. The Hall–Kier alpha value is -1.55. The molecule has 0 aliphatic carbocycles. The third-order valence-corrected chi connectivity index (χ3v) is 2.61. The second kappa shape index (κ2) is 3.67. The van der Waals surface area contributed by atoms with Gasteiger partial charge in [0.15, 0.2) is 6.29 Å². The first-order valence-electron chi connectivity index (χ1n) is 3.96. The van der Waals surface area contributed by atoms with E-state index < -0.39 is 5.82 Å². The average molecular weight is 207 g/mol. The van der Waals surface area contributed by atoms with Gasteiger partial charge in [0.05, 0.1) is 5.56 Å². The predicted octanol–water partition coefficient (Wildman–Crippen LogP) is 2.76. The molecule has 2 aromatic rings. The van der Waals surface area contributed by atoms with Gasteiger partial charge >= 0.3 is 0 Å². The highest BCUT2D eigenvalue weighted by Gasteiger charge is 2.11. The van der Waals surface area contributed by atoms with Crippen molar-refractivity contribution >= 4 is 17.6 Å². The van der Waals surface area contributed by atoms with Crippen molar-refractivity contribution in [1.82, 2.24) is 4.98 Å². The summed E-state index contributed by atoms with van der Waals surface area (Å²) in [6, 6.07) is 4.41. The summed E-state index contributed by atoms with van der Waals surface area (Å²) in [6.07, 6.45) is 2.22. The summed E-state index contributed by atoms with van der Waals surface area (Å²) in [5.74, 6) is -0.412. The minimum atomic E-state index is -0.412. The Labute approximate surface area is 84.0 Å². The van der Waals surface area contributed by atoms with E-state index in [1.54, 1.807) is 17.6 Å². The van der Waals surface area contributed by atoms with Crippen LogP contribution in [0.3, 0.4) is 0 Å². The van der Waals surface area contributed by atoms with E-state index in [1.807, 2.05) is 0 Å². The first-order chi connectivity index (χ1) is 6.83. The molecular formula is C10H6FNOS. The van der Waals surface area contributed by atoms with Crippen LogP contribution < -0.4 is 0 Å². The number of thiazole rings is 1. The summed E-state index contributed by atoms with van der Waals surface area (Å²) in [7, 11) is 0. The van der Waals surface area contributed by atoms with Gasteiger partial charge in [0, 0.05) is 17.1 Å². The van der Waals surface area contributed by atoms with Crippen molar-refractivity contribution in [3.05, 3.63) is 41.2 Å². The number of aromatic nitrogens is 1. The van der Waals surface area contributed by atoms with E-state index in [-0.39, 0.29) is 5.56 Å². The van der Waals surface area contributed by atoms with Crippen LogP contribution in [0.15, 0.2) is 29.8 Å². The van der Waals surface area contributed by atoms with Crippen LogP contribution in [0.5, 0.6) is 0 Å². The molecule has 0 amide bonds. The van der Waals surface area contributed by atoms with E-state index in [0.717, 1.165) is 0 Å².